The highest BCUT2D eigenvalue weighted by molar-refractivity contribution is 7.00. The second-order valence-electron chi connectivity index (χ2n) is 23.3. The van der Waals surface area contributed by atoms with Crippen molar-refractivity contribution in [3.63, 3.8) is 0 Å². The summed E-state index contributed by atoms with van der Waals surface area (Å²) in [7, 11) is -4.25. The summed E-state index contributed by atoms with van der Waals surface area (Å²) in [4.78, 5) is 4.95. The molecule has 0 spiro atoms. The molecule has 79 heavy (non-hydrogen) atoms. The lowest BCUT2D eigenvalue weighted by molar-refractivity contribution is 0.964. The first-order valence-electron chi connectivity index (χ1n) is 27.8. The average molecular weight is 1050 g/mol. The highest BCUT2D eigenvalue weighted by Gasteiger charge is 2.59. The molecule has 0 aliphatic heterocycles. The molecule has 4 heteroatoms. The average Bonchev–Trinajstić information content (AvgIpc) is 2.78. The van der Waals surface area contributed by atoms with E-state index in [9.17, 15) is 0 Å². The molecule has 12 aromatic rings. The number of nitrogens with zero attached hydrogens (tertiary/aromatic N) is 2. The van der Waals surface area contributed by atoms with E-state index < -0.39 is 16.1 Å². The van der Waals surface area contributed by atoms with Crippen LogP contribution >= 0.6 is 0 Å². The molecule has 0 saturated heterocycles. The van der Waals surface area contributed by atoms with E-state index in [1.54, 1.807) is 5.56 Å². The fraction of sp³-hybridized carbons (Fsp3) is 0.0933. The second kappa shape index (κ2) is 19.9. The van der Waals surface area contributed by atoms with E-state index in [0.29, 0.717) is 0 Å². The summed E-state index contributed by atoms with van der Waals surface area (Å²) in [6, 6.07) is 104. The third-order valence-electron chi connectivity index (χ3n) is 16.7. The van der Waals surface area contributed by atoms with Crippen LogP contribution in [0.5, 0.6) is 0 Å². The predicted molar refractivity (Wildman–Crippen MR) is 345 cm³/mol. The van der Waals surface area contributed by atoms with Gasteiger partial charge >= 0.3 is 0 Å². The molecule has 0 fully saturated rings. The van der Waals surface area contributed by atoms with E-state index in [2.05, 4.69) is 328 Å². The molecule has 12 aromatic carbocycles. The van der Waals surface area contributed by atoms with Crippen molar-refractivity contribution in [3.8, 4) is 55.6 Å². The maximum absolute atomic E-state index is 2.64. The van der Waals surface area contributed by atoms with E-state index in [4.69, 9.17) is 0 Å². The SMILES string of the molecule is C[Si](C)(C)C1([Si](C)(C)C)c2cc3cc(N(c4ccccc4)c4cc(-c5ccccc5)ccc4-c4ccccc4)ccc3cc2-c2ccc3cc(N(c4ccccc4)c4cc(-c5ccccc5)ccc4-c4ccccc4)ccc3c21. The maximum atomic E-state index is 2.64. The normalized spacial score (nSPS) is 12.8. The topological polar surface area (TPSA) is 6.48 Å². The largest absolute Gasteiger partial charge is 0.310 e. The third kappa shape index (κ3) is 8.64. The molecule has 0 radical (unpaired) electrons. The lowest BCUT2D eigenvalue weighted by Gasteiger charge is -2.51. The van der Waals surface area contributed by atoms with Crippen molar-refractivity contribution in [2.75, 3.05) is 9.80 Å². The van der Waals surface area contributed by atoms with Crippen LogP contribution in [0.2, 0.25) is 39.3 Å². The quantitative estimate of drug-likeness (QED) is 0.113. The predicted octanol–water partition coefficient (Wildman–Crippen LogP) is 21.6. The summed E-state index contributed by atoms with van der Waals surface area (Å²) >= 11 is 0. The van der Waals surface area contributed by atoms with Gasteiger partial charge < -0.3 is 9.80 Å². The van der Waals surface area contributed by atoms with E-state index in [-0.39, 0.29) is 4.66 Å². The Kier molecular flexibility index (Phi) is 12.5. The van der Waals surface area contributed by atoms with Gasteiger partial charge in [0.05, 0.1) is 27.5 Å². The van der Waals surface area contributed by atoms with Gasteiger partial charge in [0.15, 0.2) is 0 Å². The van der Waals surface area contributed by atoms with Crippen LogP contribution in [-0.4, -0.2) is 16.1 Å². The Labute approximate surface area is 468 Å². The number of fused-ring (bicyclic) bond motifs is 6. The summed E-state index contributed by atoms with van der Waals surface area (Å²) in [6.07, 6.45) is 0. The Morgan fingerprint density at radius 3 is 1.11 bits per heavy atom. The Bertz CT molecular complexity index is 4170. The molecule has 0 N–H and O–H groups in total. The first-order valence-corrected chi connectivity index (χ1v) is 34.8. The molecular weight excluding hydrogens is 985 g/mol. The number of rotatable bonds is 12. The van der Waals surface area contributed by atoms with Crippen LogP contribution in [0, 0.1) is 0 Å². The number of para-hydroxylation sites is 2. The maximum Gasteiger partial charge on any atom is 0.0579 e. The van der Waals surface area contributed by atoms with Gasteiger partial charge in [-0.05, 0) is 144 Å². The van der Waals surface area contributed by atoms with Crippen LogP contribution in [-0.2, 0) is 4.66 Å². The molecule has 0 unspecified atom stereocenters. The number of hydrogen-bond donors (Lipinski definition) is 0. The van der Waals surface area contributed by atoms with Crippen molar-refractivity contribution >= 4 is 71.8 Å². The van der Waals surface area contributed by atoms with Crippen molar-refractivity contribution in [1.29, 1.82) is 0 Å². The van der Waals surface area contributed by atoms with Crippen molar-refractivity contribution in [1.82, 2.24) is 0 Å². The van der Waals surface area contributed by atoms with Gasteiger partial charge in [0, 0.05) is 38.5 Å². The van der Waals surface area contributed by atoms with Gasteiger partial charge in [-0.3, -0.25) is 0 Å². The fourth-order valence-electron chi connectivity index (χ4n) is 13.6. The zero-order valence-corrected chi connectivity index (χ0v) is 48.0. The molecule has 1 aliphatic rings. The second-order valence-corrected chi connectivity index (χ2v) is 34.3. The van der Waals surface area contributed by atoms with Crippen molar-refractivity contribution < 1.29 is 0 Å². The molecule has 0 aromatic heterocycles. The first-order chi connectivity index (χ1) is 38.5. The molecule has 0 bridgehead atoms. The lowest BCUT2D eigenvalue weighted by atomic mass is 9.95. The summed E-state index contributed by atoms with van der Waals surface area (Å²) in [5, 5.41) is 5.15. The third-order valence-corrected chi connectivity index (χ3v) is 26.7. The lowest BCUT2D eigenvalue weighted by Crippen LogP contribution is -2.63. The highest BCUT2D eigenvalue weighted by atomic mass is 28.4. The van der Waals surface area contributed by atoms with Gasteiger partial charge in [0.2, 0.25) is 0 Å². The minimum atomic E-state index is -2.12. The van der Waals surface area contributed by atoms with E-state index in [1.807, 2.05) is 0 Å². The molecule has 0 saturated carbocycles. The van der Waals surface area contributed by atoms with Gasteiger partial charge in [-0.1, -0.05) is 252 Å². The van der Waals surface area contributed by atoms with E-state index >= 15 is 0 Å². The fourth-order valence-corrected chi connectivity index (χ4v) is 26.7. The van der Waals surface area contributed by atoms with Crippen LogP contribution in [0.25, 0.3) is 77.2 Å². The summed E-state index contributed by atoms with van der Waals surface area (Å²) in [5.41, 5.74) is 22.1. The highest BCUT2D eigenvalue weighted by Crippen LogP contribution is 2.61. The molecule has 2 nitrogen and oxygen atoms in total. The van der Waals surface area contributed by atoms with E-state index in [0.717, 1.165) is 34.1 Å². The van der Waals surface area contributed by atoms with Crippen LogP contribution in [0.4, 0.5) is 34.1 Å². The van der Waals surface area contributed by atoms with Gasteiger partial charge in [-0.2, -0.15) is 0 Å². The zero-order valence-electron chi connectivity index (χ0n) is 46.0. The standard InChI is InChI=1S/C75H64N2Si2/c1-78(2,3)75(79(4,5)6)71-50-61-48-64(76(62-33-21-11-22-34-62)72-51-58(53-25-13-7-14-26-53)38-43-66(72)55-29-17-9-18-30-55)41-37-57(61)49-70(71)69-45-40-60-47-65(42-46-68(60)74(69)75)77(63-35-23-12-24-36-63)73-52-59(54-27-15-8-16-28-54)39-44-67(73)56-31-19-10-20-32-56/h7-52H,1-6H3. The molecule has 382 valence electrons. The Morgan fingerprint density at radius 2 is 0.658 bits per heavy atom. The minimum absolute atomic E-state index is 0.108. The van der Waals surface area contributed by atoms with Crippen LogP contribution < -0.4 is 9.80 Å². The molecular formula is C75H64N2Si2. The van der Waals surface area contributed by atoms with E-state index in [1.165, 1.54) is 82.7 Å². The van der Waals surface area contributed by atoms with Crippen molar-refractivity contribution in [2.24, 2.45) is 0 Å². The van der Waals surface area contributed by atoms with Gasteiger partial charge in [-0.15, -0.1) is 0 Å². The molecule has 0 amide bonds. The minimum Gasteiger partial charge on any atom is -0.310 e. The van der Waals surface area contributed by atoms with Crippen LogP contribution in [0.15, 0.2) is 279 Å². The van der Waals surface area contributed by atoms with Crippen LogP contribution in [0.3, 0.4) is 0 Å². The first kappa shape index (κ1) is 49.7. The Balaban J connectivity index is 0.999. The van der Waals surface area contributed by atoms with Gasteiger partial charge in [0.1, 0.15) is 0 Å². The molecule has 1 aliphatic carbocycles. The number of anilines is 6. The van der Waals surface area contributed by atoms with Gasteiger partial charge in [0.25, 0.3) is 0 Å². The summed E-state index contributed by atoms with van der Waals surface area (Å²) < 4.78 is -0.108. The zero-order chi connectivity index (χ0) is 53.9. The number of hydrogen-bond acceptors (Lipinski definition) is 2. The Morgan fingerprint density at radius 1 is 0.266 bits per heavy atom. The molecule has 13 rings (SSSR count). The smallest absolute Gasteiger partial charge is 0.0579 e. The van der Waals surface area contributed by atoms with Crippen LogP contribution in [0.1, 0.15) is 11.1 Å². The monoisotopic (exact) mass is 1050 g/mol. The van der Waals surface area contributed by atoms with Gasteiger partial charge in [-0.25, -0.2) is 0 Å². The van der Waals surface area contributed by atoms with Crippen molar-refractivity contribution in [2.45, 2.75) is 43.9 Å². The number of benzene rings is 12. The molecule has 0 atom stereocenters. The molecule has 0 heterocycles. The Hall–Kier alpha value is -8.81. The van der Waals surface area contributed by atoms with Crippen molar-refractivity contribution in [3.05, 3.63) is 290 Å². The summed E-state index contributed by atoms with van der Waals surface area (Å²) in [6.45, 7) is 15.8. The summed E-state index contributed by atoms with van der Waals surface area (Å²) in [5.74, 6) is 0.